The van der Waals surface area contributed by atoms with Gasteiger partial charge in [0.1, 0.15) is 34.9 Å². The maximum absolute atomic E-state index is 11.7. The average molecular weight is 458 g/mol. The maximum atomic E-state index is 11.7. The Hall–Kier alpha value is -2.07. The van der Waals surface area contributed by atoms with Gasteiger partial charge in [0.25, 0.3) is 0 Å². The van der Waals surface area contributed by atoms with Gasteiger partial charge in [-0.1, -0.05) is 0 Å². The molecule has 31 heavy (non-hydrogen) atoms. The molecule has 172 valence electrons. The summed E-state index contributed by atoms with van der Waals surface area (Å²) in [5.74, 6) is -0.189. The van der Waals surface area contributed by atoms with Gasteiger partial charge in [-0.05, 0) is 13.3 Å². The average Bonchev–Trinajstić information content (AvgIpc) is 3.28. The third kappa shape index (κ3) is 5.06. The zero-order valence-corrected chi connectivity index (χ0v) is 17.7. The second-order valence-corrected chi connectivity index (χ2v) is 7.69. The van der Waals surface area contributed by atoms with Crippen LogP contribution in [0.2, 0.25) is 0 Å². The van der Waals surface area contributed by atoms with E-state index in [2.05, 4.69) is 38.2 Å². The van der Waals surface area contributed by atoms with Gasteiger partial charge in [0.2, 0.25) is 11.9 Å². The lowest BCUT2D eigenvalue weighted by atomic mass is 10.1. The Labute approximate surface area is 183 Å². The number of aromatic nitrogens is 4. The van der Waals surface area contributed by atoms with Crippen molar-refractivity contribution in [2.75, 3.05) is 25.0 Å². The summed E-state index contributed by atoms with van der Waals surface area (Å²) in [6.45, 7) is 1.76. The van der Waals surface area contributed by atoms with E-state index in [1.165, 1.54) is 17.8 Å². The smallest absolute Gasteiger partial charge is 0.239 e. The van der Waals surface area contributed by atoms with E-state index in [1.54, 1.807) is 0 Å². The number of anilines is 1. The van der Waals surface area contributed by atoms with E-state index in [1.807, 2.05) is 0 Å². The van der Waals surface area contributed by atoms with E-state index in [0.717, 1.165) is 0 Å². The number of rotatable bonds is 9. The zero-order chi connectivity index (χ0) is 22.7. The van der Waals surface area contributed by atoms with Crippen LogP contribution in [0, 0.1) is 0 Å². The molecular formula is C17H27N7O6S. The first kappa shape index (κ1) is 23.6. The molecule has 4 unspecified atom stereocenters. The Morgan fingerprint density at radius 1 is 1.35 bits per heavy atom. The SMILES string of the molecule is CC(O)C(N)C(=O)NCCCNc1nc(S)c2ncn(C3O[C@H](CO)[C@H](O)C3O)c2n1. The molecule has 1 amide bonds. The van der Waals surface area contributed by atoms with E-state index in [0.29, 0.717) is 35.7 Å². The lowest BCUT2D eigenvalue weighted by molar-refractivity contribution is -0.124. The number of amides is 1. The van der Waals surface area contributed by atoms with Crippen molar-refractivity contribution < 1.29 is 30.0 Å². The molecule has 2 aromatic rings. The Bertz CT molecular complexity index is 912. The van der Waals surface area contributed by atoms with E-state index in [-0.39, 0.29) is 5.95 Å². The van der Waals surface area contributed by atoms with Crippen LogP contribution in [0.1, 0.15) is 19.6 Å². The Balaban J connectivity index is 1.64. The van der Waals surface area contributed by atoms with Gasteiger partial charge in [-0.25, -0.2) is 9.97 Å². The van der Waals surface area contributed by atoms with Crippen molar-refractivity contribution in [1.82, 2.24) is 24.8 Å². The molecule has 1 saturated heterocycles. The number of hydrogen-bond donors (Lipinski definition) is 8. The van der Waals surface area contributed by atoms with Crippen LogP contribution in [0.25, 0.3) is 11.2 Å². The van der Waals surface area contributed by atoms with Gasteiger partial charge >= 0.3 is 0 Å². The number of aliphatic hydroxyl groups excluding tert-OH is 4. The largest absolute Gasteiger partial charge is 0.394 e. The van der Waals surface area contributed by atoms with Crippen molar-refractivity contribution in [1.29, 1.82) is 0 Å². The molecular weight excluding hydrogens is 430 g/mol. The number of aliphatic hydroxyl groups is 4. The highest BCUT2D eigenvalue weighted by atomic mass is 32.1. The van der Waals surface area contributed by atoms with Crippen molar-refractivity contribution in [3.63, 3.8) is 0 Å². The highest BCUT2D eigenvalue weighted by Gasteiger charge is 2.44. The summed E-state index contributed by atoms with van der Waals surface area (Å²) >= 11 is 4.33. The van der Waals surface area contributed by atoms with Gasteiger partial charge in [-0.15, -0.1) is 12.6 Å². The molecule has 0 aromatic carbocycles. The summed E-state index contributed by atoms with van der Waals surface area (Å²) in [7, 11) is 0. The summed E-state index contributed by atoms with van der Waals surface area (Å²) in [5.41, 5.74) is 6.26. The minimum Gasteiger partial charge on any atom is -0.394 e. The van der Waals surface area contributed by atoms with E-state index in [9.17, 15) is 25.2 Å². The van der Waals surface area contributed by atoms with Crippen molar-refractivity contribution in [2.24, 2.45) is 5.73 Å². The number of hydrogen-bond acceptors (Lipinski definition) is 12. The predicted octanol–water partition coefficient (Wildman–Crippen LogP) is -2.65. The zero-order valence-electron chi connectivity index (χ0n) is 16.8. The monoisotopic (exact) mass is 457 g/mol. The number of ether oxygens (including phenoxy) is 1. The van der Waals surface area contributed by atoms with Crippen LogP contribution in [0.5, 0.6) is 0 Å². The fraction of sp³-hybridized carbons (Fsp3) is 0.647. The molecule has 3 rings (SSSR count). The fourth-order valence-corrected chi connectivity index (χ4v) is 3.37. The first-order valence-electron chi connectivity index (χ1n) is 9.75. The van der Waals surface area contributed by atoms with Gasteiger partial charge in [-0.3, -0.25) is 9.36 Å². The van der Waals surface area contributed by atoms with Crippen molar-refractivity contribution in [3.8, 4) is 0 Å². The number of imidazole rings is 1. The van der Waals surface area contributed by atoms with E-state index >= 15 is 0 Å². The third-order valence-corrected chi connectivity index (χ3v) is 5.26. The predicted molar refractivity (Wildman–Crippen MR) is 111 cm³/mol. The molecule has 0 saturated carbocycles. The highest BCUT2D eigenvalue weighted by Crippen LogP contribution is 2.32. The van der Waals surface area contributed by atoms with Crippen LogP contribution in [0.15, 0.2) is 11.4 Å². The van der Waals surface area contributed by atoms with E-state index < -0.39 is 49.2 Å². The van der Waals surface area contributed by atoms with Crippen LogP contribution >= 0.6 is 12.6 Å². The number of nitrogens with one attached hydrogen (secondary N) is 2. The van der Waals surface area contributed by atoms with Crippen molar-refractivity contribution in [3.05, 3.63) is 6.33 Å². The molecule has 1 fully saturated rings. The molecule has 1 aliphatic rings. The maximum Gasteiger partial charge on any atom is 0.239 e. The van der Waals surface area contributed by atoms with Crippen LogP contribution in [0.3, 0.4) is 0 Å². The Kier molecular flexibility index (Phi) is 7.64. The third-order valence-electron chi connectivity index (χ3n) is 4.95. The second kappa shape index (κ2) is 10.0. The van der Waals surface area contributed by atoms with Gasteiger partial charge in [0.05, 0.1) is 19.0 Å². The van der Waals surface area contributed by atoms with Gasteiger partial charge < -0.3 is 41.5 Å². The number of carbonyl (C=O) groups excluding carboxylic acids is 1. The first-order valence-corrected chi connectivity index (χ1v) is 10.2. The van der Waals surface area contributed by atoms with Crippen molar-refractivity contribution in [2.45, 2.75) is 55.1 Å². The summed E-state index contributed by atoms with van der Waals surface area (Å²) in [5, 5.41) is 44.8. The van der Waals surface area contributed by atoms with Gasteiger partial charge in [0, 0.05) is 13.1 Å². The molecule has 0 spiro atoms. The lowest BCUT2D eigenvalue weighted by Crippen LogP contribution is -2.47. The van der Waals surface area contributed by atoms with Crippen LogP contribution < -0.4 is 16.4 Å². The lowest BCUT2D eigenvalue weighted by Gasteiger charge is -2.17. The number of carbonyl (C=O) groups is 1. The van der Waals surface area contributed by atoms with Crippen LogP contribution in [-0.4, -0.2) is 96.0 Å². The van der Waals surface area contributed by atoms with Gasteiger partial charge in [0.15, 0.2) is 11.9 Å². The standard InChI is InChI=1S/C17H27N7O6S/c1-7(26)9(18)14(29)19-3-2-4-20-17-22-13-10(15(31)23-17)21-6-24(13)16-12(28)11(27)8(5-25)30-16/h6-9,11-12,16,25-28H,2-5,18H2,1H3,(H,19,29)(H2,20,22,23,31)/t7?,8-,9?,11+,12?,16?/m1/s1. The first-order chi connectivity index (χ1) is 14.7. The Morgan fingerprint density at radius 3 is 2.74 bits per heavy atom. The number of nitrogens with zero attached hydrogens (tertiary/aromatic N) is 4. The summed E-state index contributed by atoms with van der Waals surface area (Å²) < 4.78 is 6.99. The molecule has 3 heterocycles. The van der Waals surface area contributed by atoms with Gasteiger partial charge in [-0.2, -0.15) is 4.98 Å². The molecule has 0 aliphatic carbocycles. The quantitative estimate of drug-likeness (QED) is 0.111. The molecule has 1 aliphatic heterocycles. The van der Waals surface area contributed by atoms with Crippen LogP contribution in [-0.2, 0) is 9.53 Å². The molecule has 0 radical (unpaired) electrons. The van der Waals surface area contributed by atoms with Crippen molar-refractivity contribution >= 4 is 35.6 Å². The van der Waals surface area contributed by atoms with Crippen LogP contribution in [0.4, 0.5) is 5.95 Å². The number of thiol groups is 1. The molecule has 8 N–H and O–H groups in total. The summed E-state index contributed by atoms with van der Waals surface area (Å²) in [6.07, 6.45) is -3.45. The number of nitrogens with two attached hydrogens (primary N) is 1. The normalized spacial score (nSPS) is 25.5. The molecule has 6 atom stereocenters. The fourth-order valence-electron chi connectivity index (χ4n) is 3.11. The second-order valence-electron chi connectivity index (χ2n) is 7.26. The minimum atomic E-state index is -1.28. The van der Waals surface area contributed by atoms with E-state index in [4.69, 9.17) is 10.5 Å². The number of fused-ring (bicyclic) bond motifs is 1. The summed E-state index contributed by atoms with van der Waals surface area (Å²) in [4.78, 5) is 24.5. The minimum absolute atomic E-state index is 0.248. The molecule has 14 heteroatoms. The topological polar surface area (TPSA) is 201 Å². The Morgan fingerprint density at radius 2 is 2.10 bits per heavy atom. The molecule has 13 nitrogen and oxygen atoms in total. The molecule has 2 aromatic heterocycles. The highest BCUT2D eigenvalue weighted by molar-refractivity contribution is 7.80. The summed E-state index contributed by atoms with van der Waals surface area (Å²) in [6, 6.07) is -0.983. The molecule has 0 bridgehead atoms.